The Morgan fingerprint density at radius 1 is 1.27 bits per heavy atom. The maximum absolute atomic E-state index is 12.9. The molecule has 0 atom stereocenters. The normalized spacial score (nSPS) is 20.6. The van der Waals surface area contributed by atoms with Crippen molar-refractivity contribution in [3.8, 4) is 11.8 Å². The molecule has 1 saturated carbocycles. The van der Waals surface area contributed by atoms with Gasteiger partial charge in [-0.1, -0.05) is 0 Å². The molecule has 1 aliphatic heterocycles. The number of rotatable bonds is 3. The topological polar surface area (TPSA) is 97.8 Å². The van der Waals surface area contributed by atoms with Crippen molar-refractivity contribution in [2.24, 2.45) is 13.0 Å². The van der Waals surface area contributed by atoms with Gasteiger partial charge in [0, 0.05) is 31.1 Å². The van der Waals surface area contributed by atoms with Gasteiger partial charge in [0.05, 0.1) is 18.9 Å². The Kier molecular flexibility index (Phi) is 4.46. The van der Waals surface area contributed by atoms with Gasteiger partial charge < -0.3 is 10.1 Å². The Morgan fingerprint density at radius 2 is 2.07 bits per heavy atom. The minimum Gasteiger partial charge on any atom is -0.493 e. The van der Waals surface area contributed by atoms with Crippen molar-refractivity contribution in [2.75, 3.05) is 11.9 Å². The molecule has 1 aliphatic carbocycles. The number of hydrogen-bond donors (Lipinski definition) is 1. The van der Waals surface area contributed by atoms with Crippen molar-refractivity contribution >= 4 is 22.8 Å². The van der Waals surface area contributed by atoms with Gasteiger partial charge in [0.1, 0.15) is 11.3 Å². The van der Waals surface area contributed by atoms with Crippen molar-refractivity contribution < 1.29 is 4.74 Å². The van der Waals surface area contributed by atoms with Crippen LogP contribution in [0.5, 0.6) is 5.75 Å². The van der Waals surface area contributed by atoms with E-state index in [9.17, 15) is 10.1 Å². The molecule has 0 radical (unpaired) electrons. The molecule has 1 fully saturated rings. The van der Waals surface area contributed by atoms with E-state index in [1.807, 2.05) is 13.0 Å². The van der Waals surface area contributed by atoms with E-state index in [0.717, 1.165) is 49.1 Å². The van der Waals surface area contributed by atoms with Crippen LogP contribution in [0.1, 0.15) is 42.9 Å². The Balaban J connectivity index is 1.51. The molecule has 2 aliphatic rings. The second kappa shape index (κ2) is 7.17. The molecule has 3 heterocycles. The lowest BCUT2D eigenvalue weighted by Crippen LogP contribution is -2.28. The molecule has 0 saturated heterocycles. The van der Waals surface area contributed by atoms with Crippen LogP contribution in [-0.4, -0.2) is 25.7 Å². The zero-order valence-corrected chi connectivity index (χ0v) is 17.2. The van der Waals surface area contributed by atoms with Gasteiger partial charge in [-0.15, -0.1) is 0 Å². The van der Waals surface area contributed by atoms with Crippen molar-refractivity contribution in [1.82, 2.24) is 19.1 Å². The lowest BCUT2D eigenvalue weighted by atomic mass is 9.87. The number of aryl methyl sites for hydroxylation is 2. The summed E-state index contributed by atoms with van der Waals surface area (Å²) in [6.45, 7) is 2.74. The van der Waals surface area contributed by atoms with Crippen LogP contribution in [0.2, 0.25) is 0 Å². The molecule has 1 N–H and O–H groups in total. The molecule has 154 valence electrons. The minimum atomic E-state index is -0.0808. The van der Waals surface area contributed by atoms with Gasteiger partial charge in [0.2, 0.25) is 5.95 Å². The first kappa shape index (κ1) is 18.7. The van der Waals surface area contributed by atoms with E-state index < -0.39 is 0 Å². The summed E-state index contributed by atoms with van der Waals surface area (Å²) in [5, 5.41) is 12.5. The predicted molar refractivity (Wildman–Crippen MR) is 113 cm³/mol. The molecule has 1 aromatic carbocycles. The summed E-state index contributed by atoms with van der Waals surface area (Å²) in [4.78, 5) is 22.1. The summed E-state index contributed by atoms with van der Waals surface area (Å²) >= 11 is 0. The Labute approximate surface area is 174 Å². The van der Waals surface area contributed by atoms with Crippen LogP contribution in [0.25, 0.3) is 11.2 Å². The highest BCUT2D eigenvalue weighted by atomic mass is 16.5. The fourth-order valence-corrected chi connectivity index (χ4v) is 4.57. The van der Waals surface area contributed by atoms with E-state index >= 15 is 0 Å². The van der Waals surface area contributed by atoms with Crippen LogP contribution in [0.15, 0.2) is 23.1 Å². The number of nitrogens with one attached hydrogen (secondary N) is 1. The lowest BCUT2D eigenvalue weighted by molar-refractivity contribution is 0.311. The van der Waals surface area contributed by atoms with Crippen LogP contribution in [0.4, 0.5) is 11.6 Å². The summed E-state index contributed by atoms with van der Waals surface area (Å²) in [5.74, 6) is 1.50. The first-order valence-corrected chi connectivity index (χ1v) is 10.4. The van der Waals surface area contributed by atoms with Crippen LogP contribution in [-0.2, 0) is 13.5 Å². The fraction of sp³-hybridized carbons (Fsp3) is 0.455. The van der Waals surface area contributed by atoms with Gasteiger partial charge in [-0.3, -0.25) is 9.13 Å². The Hall–Kier alpha value is -3.34. The van der Waals surface area contributed by atoms with Gasteiger partial charge in [-0.05, 0) is 55.9 Å². The van der Waals surface area contributed by atoms with E-state index in [0.29, 0.717) is 23.7 Å². The molecule has 0 unspecified atom stereocenters. The van der Waals surface area contributed by atoms with Gasteiger partial charge >= 0.3 is 5.69 Å². The number of imidazole rings is 1. The van der Waals surface area contributed by atoms with Crippen LogP contribution < -0.4 is 15.7 Å². The van der Waals surface area contributed by atoms with Crippen molar-refractivity contribution in [3.63, 3.8) is 0 Å². The molecule has 3 aromatic rings. The molecule has 8 heteroatoms. The summed E-state index contributed by atoms with van der Waals surface area (Å²) < 4.78 is 9.03. The van der Waals surface area contributed by atoms with Gasteiger partial charge in [0.15, 0.2) is 5.65 Å². The van der Waals surface area contributed by atoms with E-state index in [2.05, 4.69) is 22.4 Å². The number of nitrogens with zero attached hydrogens (tertiary/aromatic N) is 5. The highest BCUT2D eigenvalue weighted by Crippen LogP contribution is 2.34. The summed E-state index contributed by atoms with van der Waals surface area (Å²) in [7, 11) is 1.75. The molecule has 0 spiro atoms. The quantitative estimate of drug-likeness (QED) is 0.719. The summed E-state index contributed by atoms with van der Waals surface area (Å²) in [6, 6.07) is 6.54. The Morgan fingerprint density at radius 3 is 2.83 bits per heavy atom. The molecule has 8 nitrogen and oxygen atoms in total. The second-order valence-corrected chi connectivity index (χ2v) is 8.25. The van der Waals surface area contributed by atoms with E-state index in [4.69, 9.17) is 9.72 Å². The maximum atomic E-state index is 12.9. The molecular formula is C22H24N6O2. The lowest BCUT2D eigenvalue weighted by Gasteiger charge is -2.25. The van der Waals surface area contributed by atoms with Gasteiger partial charge in [-0.2, -0.15) is 10.2 Å². The average Bonchev–Trinajstić information content (AvgIpc) is 3.30. The molecular weight excluding hydrogens is 380 g/mol. The molecule has 0 bridgehead atoms. The maximum Gasteiger partial charge on any atom is 0.330 e. The zero-order chi connectivity index (χ0) is 20.8. The predicted octanol–water partition coefficient (Wildman–Crippen LogP) is 3.37. The highest BCUT2D eigenvalue weighted by Gasteiger charge is 2.26. The standard InChI is InChI=1S/C22H24N6O2/c1-13-9-19-15(7-8-30-19)10-17(13)25-21-24-12-18-20(26-21)28(22(29)27(18)2)16-5-3-14(11-23)4-6-16/h9-10,12,14,16H,3-8H2,1-2H3,(H,24,25,26)/t14-,16-. The molecule has 0 amide bonds. The average molecular weight is 404 g/mol. The number of ether oxygens (including phenoxy) is 1. The molecule has 5 rings (SSSR count). The van der Waals surface area contributed by atoms with Crippen LogP contribution in [0, 0.1) is 24.2 Å². The number of fused-ring (bicyclic) bond motifs is 2. The van der Waals surface area contributed by atoms with E-state index in [-0.39, 0.29) is 17.6 Å². The van der Waals surface area contributed by atoms with Crippen LogP contribution >= 0.6 is 0 Å². The number of nitriles is 1. The second-order valence-electron chi connectivity index (χ2n) is 8.25. The number of aromatic nitrogens is 4. The largest absolute Gasteiger partial charge is 0.493 e. The van der Waals surface area contributed by atoms with Crippen molar-refractivity contribution in [3.05, 3.63) is 39.9 Å². The third kappa shape index (κ3) is 3.02. The van der Waals surface area contributed by atoms with Gasteiger partial charge in [-0.25, -0.2) is 9.78 Å². The minimum absolute atomic E-state index is 0.0624. The van der Waals surface area contributed by atoms with E-state index in [1.54, 1.807) is 22.4 Å². The van der Waals surface area contributed by atoms with Crippen molar-refractivity contribution in [2.45, 2.75) is 45.1 Å². The number of anilines is 2. The smallest absolute Gasteiger partial charge is 0.330 e. The van der Waals surface area contributed by atoms with E-state index in [1.165, 1.54) is 5.56 Å². The monoisotopic (exact) mass is 404 g/mol. The first-order valence-electron chi connectivity index (χ1n) is 10.4. The Bertz CT molecular complexity index is 1230. The van der Waals surface area contributed by atoms with Gasteiger partial charge in [0.25, 0.3) is 0 Å². The number of benzene rings is 1. The fourth-order valence-electron chi connectivity index (χ4n) is 4.57. The molecule has 30 heavy (non-hydrogen) atoms. The number of hydrogen-bond acceptors (Lipinski definition) is 6. The zero-order valence-electron chi connectivity index (χ0n) is 17.2. The summed E-state index contributed by atoms with van der Waals surface area (Å²) in [5.41, 5.74) is 4.45. The third-order valence-corrected chi connectivity index (χ3v) is 6.36. The summed E-state index contributed by atoms with van der Waals surface area (Å²) in [6.07, 6.45) is 5.86. The molecule has 2 aromatic heterocycles. The first-order chi connectivity index (χ1) is 14.5. The third-order valence-electron chi connectivity index (χ3n) is 6.36. The highest BCUT2D eigenvalue weighted by molar-refractivity contribution is 5.73. The van der Waals surface area contributed by atoms with Crippen LogP contribution in [0.3, 0.4) is 0 Å². The SMILES string of the molecule is Cc1cc2c(cc1Nc1ncc3c(n1)n([C@H]1CC[C@H](C#N)CC1)c(=O)n3C)CCO2. The van der Waals surface area contributed by atoms with Crippen molar-refractivity contribution in [1.29, 1.82) is 5.26 Å².